The molecule has 16 heavy (non-hydrogen) atoms. The fourth-order valence-corrected chi connectivity index (χ4v) is 2.38. The molecule has 2 atom stereocenters. The van der Waals surface area contributed by atoms with Gasteiger partial charge in [-0.3, -0.25) is 0 Å². The summed E-state index contributed by atoms with van der Waals surface area (Å²) in [4.78, 5) is 0. The minimum absolute atomic E-state index is 0.167. The van der Waals surface area contributed by atoms with Crippen molar-refractivity contribution in [1.82, 2.24) is 0 Å². The maximum absolute atomic E-state index is 9.34. The standard InChI is InChI=1S/C13H21NOS/c1-3-10(2)16-9-12(14)7-11-5-4-6-13(15)8-11/h4-6,8,10,12,15H,3,7,9,14H2,1-2H3. The van der Waals surface area contributed by atoms with Gasteiger partial charge in [-0.2, -0.15) is 11.8 Å². The summed E-state index contributed by atoms with van der Waals surface area (Å²) in [6, 6.07) is 7.50. The van der Waals surface area contributed by atoms with E-state index in [1.807, 2.05) is 23.9 Å². The molecule has 0 saturated heterocycles. The van der Waals surface area contributed by atoms with Gasteiger partial charge in [0, 0.05) is 17.0 Å². The van der Waals surface area contributed by atoms with Gasteiger partial charge in [-0.25, -0.2) is 0 Å². The van der Waals surface area contributed by atoms with Crippen LogP contribution in [-0.4, -0.2) is 22.2 Å². The Morgan fingerprint density at radius 3 is 2.81 bits per heavy atom. The lowest BCUT2D eigenvalue weighted by atomic mass is 10.1. The number of thioether (sulfide) groups is 1. The van der Waals surface area contributed by atoms with Crippen LogP contribution in [0.2, 0.25) is 0 Å². The van der Waals surface area contributed by atoms with E-state index in [2.05, 4.69) is 13.8 Å². The first-order chi connectivity index (χ1) is 7.61. The third kappa shape index (κ3) is 4.90. The fraction of sp³-hybridized carbons (Fsp3) is 0.538. The molecule has 0 amide bonds. The molecule has 0 fully saturated rings. The van der Waals surface area contributed by atoms with Gasteiger partial charge in [0.25, 0.3) is 0 Å². The summed E-state index contributed by atoms with van der Waals surface area (Å²) < 4.78 is 0. The van der Waals surface area contributed by atoms with Crippen molar-refractivity contribution in [3.8, 4) is 5.75 Å². The van der Waals surface area contributed by atoms with Gasteiger partial charge >= 0.3 is 0 Å². The highest BCUT2D eigenvalue weighted by atomic mass is 32.2. The highest BCUT2D eigenvalue weighted by molar-refractivity contribution is 7.99. The number of aromatic hydroxyl groups is 1. The van der Waals surface area contributed by atoms with Gasteiger partial charge < -0.3 is 10.8 Å². The normalized spacial score (nSPS) is 14.7. The van der Waals surface area contributed by atoms with Crippen molar-refractivity contribution in [1.29, 1.82) is 0 Å². The van der Waals surface area contributed by atoms with Gasteiger partial charge in [0.1, 0.15) is 5.75 Å². The maximum atomic E-state index is 9.34. The van der Waals surface area contributed by atoms with Gasteiger partial charge in [-0.05, 0) is 30.5 Å². The molecule has 2 unspecified atom stereocenters. The van der Waals surface area contributed by atoms with Crippen LogP contribution >= 0.6 is 11.8 Å². The topological polar surface area (TPSA) is 46.2 Å². The van der Waals surface area contributed by atoms with Crippen LogP contribution in [0.4, 0.5) is 0 Å². The zero-order chi connectivity index (χ0) is 12.0. The SMILES string of the molecule is CCC(C)SCC(N)Cc1cccc(O)c1. The Hall–Kier alpha value is -0.670. The van der Waals surface area contributed by atoms with Crippen molar-refractivity contribution >= 4 is 11.8 Å². The molecule has 0 bridgehead atoms. The van der Waals surface area contributed by atoms with Crippen LogP contribution in [0.25, 0.3) is 0 Å². The average Bonchev–Trinajstić information content (AvgIpc) is 2.26. The molecule has 1 aromatic carbocycles. The molecule has 0 radical (unpaired) electrons. The van der Waals surface area contributed by atoms with Crippen molar-refractivity contribution in [2.45, 2.75) is 38.0 Å². The molecule has 2 nitrogen and oxygen atoms in total. The van der Waals surface area contributed by atoms with Crippen LogP contribution in [0.15, 0.2) is 24.3 Å². The molecule has 3 N–H and O–H groups in total. The van der Waals surface area contributed by atoms with Crippen molar-refractivity contribution in [2.24, 2.45) is 5.73 Å². The molecular formula is C13H21NOS. The molecule has 0 heterocycles. The Morgan fingerprint density at radius 2 is 2.19 bits per heavy atom. The third-order valence-corrected chi connectivity index (χ3v) is 4.10. The van der Waals surface area contributed by atoms with Gasteiger partial charge in [0.05, 0.1) is 0 Å². The Bertz CT molecular complexity index is 317. The van der Waals surface area contributed by atoms with E-state index < -0.39 is 0 Å². The number of hydrogen-bond donors (Lipinski definition) is 2. The van der Waals surface area contributed by atoms with E-state index in [1.54, 1.807) is 12.1 Å². The highest BCUT2D eigenvalue weighted by Crippen LogP contribution is 2.17. The molecular weight excluding hydrogens is 218 g/mol. The van der Waals surface area contributed by atoms with E-state index in [0.29, 0.717) is 11.0 Å². The van der Waals surface area contributed by atoms with Crippen LogP contribution in [0, 0.1) is 0 Å². The monoisotopic (exact) mass is 239 g/mol. The van der Waals surface area contributed by atoms with Crippen molar-refractivity contribution in [2.75, 3.05) is 5.75 Å². The van der Waals surface area contributed by atoms with Crippen LogP contribution < -0.4 is 5.73 Å². The summed E-state index contributed by atoms with van der Waals surface area (Å²) in [5, 5.41) is 10.0. The fourth-order valence-electron chi connectivity index (χ4n) is 1.45. The highest BCUT2D eigenvalue weighted by Gasteiger charge is 2.07. The number of nitrogens with two attached hydrogens (primary N) is 1. The Labute approximate surface area is 102 Å². The van der Waals surface area contributed by atoms with Crippen molar-refractivity contribution < 1.29 is 5.11 Å². The summed E-state index contributed by atoms with van der Waals surface area (Å²) in [5.41, 5.74) is 7.16. The number of hydrogen-bond acceptors (Lipinski definition) is 3. The largest absolute Gasteiger partial charge is 0.508 e. The zero-order valence-corrected chi connectivity index (χ0v) is 10.8. The molecule has 3 heteroatoms. The predicted molar refractivity (Wildman–Crippen MR) is 72.0 cm³/mol. The van der Waals surface area contributed by atoms with Crippen molar-refractivity contribution in [3.63, 3.8) is 0 Å². The second kappa shape index (κ2) is 6.81. The Balaban J connectivity index is 2.36. The lowest BCUT2D eigenvalue weighted by molar-refractivity contribution is 0.474. The van der Waals surface area contributed by atoms with Crippen LogP contribution in [-0.2, 0) is 6.42 Å². The molecule has 0 aliphatic carbocycles. The number of phenols is 1. The average molecular weight is 239 g/mol. The van der Waals surface area contributed by atoms with Crippen molar-refractivity contribution in [3.05, 3.63) is 29.8 Å². The number of phenolic OH excluding ortho intramolecular Hbond substituents is 1. The lowest BCUT2D eigenvalue weighted by Gasteiger charge is -2.14. The summed E-state index contributed by atoms with van der Waals surface area (Å²) in [5.74, 6) is 1.30. The maximum Gasteiger partial charge on any atom is 0.115 e. The smallest absolute Gasteiger partial charge is 0.115 e. The quantitative estimate of drug-likeness (QED) is 0.802. The second-order valence-electron chi connectivity index (χ2n) is 4.19. The second-order valence-corrected chi connectivity index (χ2v) is 5.66. The minimum Gasteiger partial charge on any atom is -0.508 e. The lowest BCUT2D eigenvalue weighted by Crippen LogP contribution is -2.26. The molecule has 1 aromatic rings. The first kappa shape index (κ1) is 13.4. The van der Waals surface area contributed by atoms with Crippen LogP contribution in [0.1, 0.15) is 25.8 Å². The van der Waals surface area contributed by atoms with E-state index in [4.69, 9.17) is 5.73 Å². The molecule has 90 valence electrons. The van der Waals surface area contributed by atoms with E-state index in [1.165, 1.54) is 6.42 Å². The van der Waals surface area contributed by atoms with E-state index in [0.717, 1.165) is 17.7 Å². The molecule has 0 saturated carbocycles. The Kier molecular flexibility index (Phi) is 5.71. The van der Waals surface area contributed by atoms with Gasteiger partial charge in [0.15, 0.2) is 0 Å². The van der Waals surface area contributed by atoms with Gasteiger partial charge in [-0.1, -0.05) is 26.0 Å². The van der Waals surface area contributed by atoms with E-state index >= 15 is 0 Å². The molecule has 0 spiro atoms. The summed E-state index contributed by atoms with van der Waals surface area (Å²) in [6.45, 7) is 4.42. The van der Waals surface area contributed by atoms with E-state index in [9.17, 15) is 5.11 Å². The molecule has 0 aliphatic heterocycles. The molecule has 0 aliphatic rings. The third-order valence-electron chi connectivity index (χ3n) is 2.58. The zero-order valence-electron chi connectivity index (χ0n) is 10.0. The molecule has 1 rings (SSSR count). The summed E-state index contributed by atoms with van der Waals surface area (Å²) in [7, 11) is 0. The van der Waals surface area contributed by atoms with E-state index in [-0.39, 0.29) is 6.04 Å². The first-order valence-electron chi connectivity index (χ1n) is 5.77. The molecule has 0 aromatic heterocycles. The number of rotatable bonds is 6. The predicted octanol–water partition coefficient (Wildman–Crippen LogP) is 2.79. The summed E-state index contributed by atoms with van der Waals surface area (Å²) >= 11 is 1.92. The van der Waals surface area contributed by atoms with Crippen LogP contribution in [0.5, 0.6) is 5.75 Å². The van der Waals surface area contributed by atoms with Gasteiger partial charge in [0.2, 0.25) is 0 Å². The first-order valence-corrected chi connectivity index (χ1v) is 6.81. The number of benzene rings is 1. The summed E-state index contributed by atoms with van der Waals surface area (Å²) in [6.07, 6.45) is 2.02. The van der Waals surface area contributed by atoms with Crippen LogP contribution in [0.3, 0.4) is 0 Å². The minimum atomic E-state index is 0.167. The Morgan fingerprint density at radius 1 is 1.44 bits per heavy atom. The van der Waals surface area contributed by atoms with Gasteiger partial charge in [-0.15, -0.1) is 0 Å².